The first-order valence-corrected chi connectivity index (χ1v) is 39.2. The second kappa shape index (κ2) is 47.9. The number of imide groups is 4. The van der Waals surface area contributed by atoms with Crippen molar-refractivity contribution in [2.75, 3.05) is 46.6 Å². The molecule has 0 aromatic rings. The van der Waals surface area contributed by atoms with E-state index in [2.05, 4.69) is 46.1 Å². The summed E-state index contributed by atoms with van der Waals surface area (Å²) in [4.78, 5) is 200. The number of aliphatic hydroxyl groups is 16. The molecular weight excluding hydrogens is 1790 g/mol. The predicted molar refractivity (Wildman–Crippen MR) is 403 cm³/mol. The summed E-state index contributed by atoms with van der Waals surface area (Å²) < 4.78 is 90.4. The van der Waals surface area contributed by atoms with Crippen LogP contribution in [-0.2, 0) is 157 Å². The summed E-state index contributed by atoms with van der Waals surface area (Å²) in [5.74, 6) is -24.7. The predicted octanol–water partition coefficient (Wildman–Crippen LogP) is -16.6. The van der Waals surface area contributed by atoms with Crippen LogP contribution in [-0.4, -0.2) is 436 Å². The van der Waals surface area contributed by atoms with E-state index in [1.807, 2.05) is 0 Å². The highest BCUT2D eigenvalue weighted by molar-refractivity contribution is 6.21. The number of hydrogen-bond donors (Lipinski definition) is 23. The molecule has 8 heterocycles. The van der Waals surface area contributed by atoms with Crippen LogP contribution in [0.2, 0.25) is 0 Å². The number of carbonyl (C=O) groups excluding carboxylic acids is 17. The average Bonchev–Trinajstić information content (AvgIpc) is 1.01. The Morgan fingerprint density at radius 3 is 0.885 bits per heavy atom. The molecule has 8 aliphatic heterocycles. The Morgan fingerprint density at radius 1 is 0.389 bits per heavy atom. The van der Waals surface area contributed by atoms with Crippen molar-refractivity contribution in [3.8, 4) is 0 Å². The minimum Gasteiger partial charge on any atom is -0.452 e. The molecule has 32 atom stereocenters. The molecule has 8 rings (SSSR count). The summed E-state index contributed by atoms with van der Waals surface area (Å²) in [6, 6.07) is -9.15. The van der Waals surface area contributed by atoms with Crippen LogP contribution >= 0.6 is 0 Å². The van der Waals surface area contributed by atoms with Crippen molar-refractivity contribution >= 4 is 104 Å². The van der Waals surface area contributed by atoms with Crippen molar-refractivity contribution in [1.82, 2.24) is 41.7 Å². The molecule has 0 saturated carbocycles. The van der Waals surface area contributed by atoms with Gasteiger partial charge in [0.1, 0.15) is 79.4 Å². The third-order valence-corrected chi connectivity index (χ3v) is 20.6. The molecule has 0 spiro atoms. The maximum Gasteiger partial charge on any atom is 0.423 e. The summed E-state index contributed by atoms with van der Waals surface area (Å²) in [5, 5.41) is 190. The molecule has 11 amide bonds. The van der Waals surface area contributed by atoms with E-state index in [1.165, 1.54) is 0 Å². The van der Waals surface area contributed by atoms with Gasteiger partial charge in [-0.1, -0.05) is 0 Å². The van der Waals surface area contributed by atoms with Crippen LogP contribution in [0.3, 0.4) is 0 Å². The zero-order valence-corrected chi connectivity index (χ0v) is 70.3. The van der Waals surface area contributed by atoms with Crippen LogP contribution in [0.15, 0.2) is 24.3 Å². The molecule has 0 aromatic carbocycles. The van der Waals surface area contributed by atoms with Crippen molar-refractivity contribution in [3.05, 3.63) is 24.3 Å². The van der Waals surface area contributed by atoms with Crippen molar-refractivity contribution in [2.24, 2.45) is 5.73 Å². The Hall–Kier alpha value is -10.2. The van der Waals surface area contributed by atoms with Gasteiger partial charge in [0.2, 0.25) is 35.4 Å². The molecule has 24 N–H and O–H groups in total. The molecule has 8 aliphatic rings. The Balaban J connectivity index is 0.000000361. The number of ether oxygens (including phenoxy) is 17. The standard InChI is InChI=1S/C35H50N4O24.C31H50N4O22.C6H5NO4/c1-15(45)36-26-19(49)7-34(57-13-43,59-21(26)9-39-24(51)4-5-25(39)52)60-23(11-41)30(54)32-28(38-17(3)47)20(50)8-35(63-32,58-14-44)61-22(10-40)29(53)31-27(37-16(2)46)18(48)6-33(55,62-31)56-12-42;1-13(41)33-22-17(45)5-30(51-11-39,53-19(22)7-32)54-21(9-37)26(48)28-24(35-15(3)43)18(46)6-31(57-28,52-12-40)55-20(8-36)25(47)27-23(34-14(2)42)16(44)4-29(49,56-27)50-10-38;1-11-6(10)7-4(8)2-3-5(7)9/h4-5,12-14,18-23,26-32,40-41,48-50,53-55H,6-11H2,1-3H3,(H,36,45)(H,37,46)(H,38,47);10-12,16-28,36-37,44-49H,4-9,32H2,1-3H3,(H,33,41)(H,34,42)(H,35,43);2-3H,1H3. The van der Waals surface area contributed by atoms with Gasteiger partial charge in [0.15, 0.2) is 0 Å². The van der Waals surface area contributed by atoms with Crippen LogP contribution in [0.5, 0.6) is 0 Å². The number of nitrogens with zero attached hydrogens (tertiary/aromatic N) is 2. The Kier molecular flexibility index (Phi) is 40.1. The zero-order valence-electron chi connectivity index (χ0n) is 70.3. The lowest BCUT2D eigenvalue weighted by Gasteiger charge is -2.50. The fourth-order valence-electron chi connectivity index (χ4n) is 15.1. The molecular formula is C72H105N9O50. The molecule has 738 valence electrons. The quantitative estimate of drug-likeness (QED) is 0.0117. The van der Waals surface area contributed by atoms with E-state index >= 15 is 0 Å². The van der Waals surface area contributed by atoms with Crippen LogP contribution in [0.4, 0.5) is 4.79 Å². The van der Waals surface area contributed by atoms with Crippen LogP contribution in [0.25, 0.3) is 0 Å². The number of nitrogens with two attached hydrogens (primary N) is 1. The first kappa shape index (κ1) is 110. The van der Waals surface area contributed by atoms with Gasteiger partial charge in [-0.15, -0.1) is 0 Å². The first-order valence-electron chi connectivity index (χ1n) is 39.2. The van der Waals surface area contributed by atoms with Crippen molar-refractivity contribution in [1.29, 1.82) is 0 Å². The average molecular weight is 1900 g/mol. The summed E-state index contributed by atoms with van der Waals surface area (Å²) in [7, 11) is 1.10. The first-order chi connectivity index (χ1) is 61.5. The monoisotopic (exact) mass is 1900 g/mol. The zero-order chi connectivity index (χ0) is 98.3. The van der Waals surface area contributed by atoms with Crippen molar-refractivity contribution in [3.63, 3.8) is 0 Å². The van der Waals surface area contributed by atoms with Gasteiger partial charge in [0, 0.05) is 72.4 Å². The van der Waals surface area contributed by atoms with Crippen molar-refractivity contribution < 1.29 is 244 Å². The minimum atomic E-state index is -3.00. The molecule has 0 bridgehead atoms. The SMILES string of the molecule is CC(=O)NC1C(O)CC(OC=O)(OC(CO)C(O)C2OC(OC=O)(OC(CO)C(O)C3OC(O)(OC=O)CC(O)C3NC(C)=O)CC(O)C2NC(C)=O)OC1CN.CC(=O)NC1C(O)CC(OC=O)(OC(CO)C(O)C2OC(OC=O)(OC(CO)C(O)C3OC(O)(OC=O)CC(O)C3NC(C)=O)CC(O)C2NC(C)=O)OC1CN1C(=O)C=CC1=O.COC(=O)N1C(=O)C=CC1=O. The van der Waals surface area contributed by atoms with E-state index in [0.29, 0.717) is 9.80 Å². The van der Waals surface area contributed by atoms with Gasteiger partial charge in [-0.05, 0) is 0 Å². The summed E-state index contributed by atoms with van der Waals surface area (Å²) in [6.45, 7) is -1.27. The molecule has 131 heavy (non-hydrogen) atoms. The maximum absolute atomic E-state index is 12.4. The summed E-state index contributed by atoms with van der Waals surface area (Å²) >= 11 is 0. The topological polar surface area (TPSA) is 875 Å². The Morgan fingerprint density at radius 2 is 0.626 bits per heavy atom. The lowest BCUT2D eigenvalue weighted by Crippen LogP contribution is -2.70. The third kappa shape index (κ3) is 28.0. The van der Waals surface area contributed by atoms with Gasteiger partial charge in [0.25, 0.3) is 62.5 Å². The largest absolute Gasteiger partial charge is 0.452 e. The van der Waals surface area contributed by atoms with Gasteiger partial charge in [-0.25, -0.2) is 4.79 Å². The Bertz CT molecular complexity index is 4030. The maximum atomic E-state index is 12.4. The molecule has 0 aliphatic carbocycles. The second-order valence-corrected chi connectivity index (χ2v) is 30.1. The van der Waals surface area contributed by atoms with Crippen LogP contribution < -0.4 is 37.6 Å². The number of carbonyl (C=O) groups is 17. The second-order valence-electron chi connectivity index (χ2n) is 30.1. The van der Waals surface area contributed by atoms with Gasteiger partial charge >= 0.3 is 41.9 Å². The fourth-order valence-corrected chi connectivity index (χ4v) is 15.1. The van der Waals surface area contributed by atoms with E-state index < -0.39 is 337 Å². The summed E-state index contributed by atoms with van der Waals surface area (Å²) in [5.41, 5.74) is 5.77. The van der Waals surface area contributed by atoms with E-state index in [0.717, 1.165) is 73.0 Å². The molecule has 59 nitrogen and oxygen atoms in total. The van der Waals surface area contributed by atoms with Gasteiger partial charge < -0.3 is 200 Å². The number of aliphatic hydroxyl groups excluding tert-OH is 14. The van der Waals surface area contributed by atoms with Crippen LogP contribution in [0, 0.1) is 0 Å². The lowest BCUT2D eigenvalue weighted by molar-refractivity contribution is -0.443. The highest BCUT2D eigenvalue weighted by atomic mass is 16.9. The fraction of sp³-hybridized carbons (Fsp3) is 0.708. The highest BCUT2D eigenvalue weighted by Crippen LogP contribution is 2.43. The van der Waals surface area contributed by atoms with E-state index in [9.17, 15) is 163 Å². The van der Waals surface area contributed by atoms with Crippen molar-refractivity contribution in [2.45, 2.75) is 274 Å². The van der Waals surface area contributed by atoms with E-state index in [1.54, 1.807) is 0 Å². The normalized spacial score (nSPS) is 35.1. The van der Waals surface area contributed by atoms with E-state index in [-0.39, 0.29) is 38.8 Å². The number of nitrogens with one attached hydrogen (secondary N) is 6. The Labute approximate surface area is 738 Å². The number of rotatable bonds is 41. The van der Waals surface area contributed by atoms with Gasteiger partial charge in [0.05, 0.1) is 158 Å². The molecule has 0 aromatic heterocycles. The number of amides is 11. The van der Waals surface area contributed by atoms with Crippen LogP contribution in [0.1, 0.15) is 80.1 Å². The molecule has 32 unspecified atom stereocenters. The molecule has 0 radical (unpaired) electrons. The lowest BCUT2D eigenvalue weighted by atomic mass is 9.90. The molecule has 6 fully saturated rings. The number of hydrogen-bond acceptors (Lipinski definition) is 51. The number of methoxy groups -OCH3 is 1. The van der Waals surface area contributed by atoms with Gasteiger partial charge in [-0.3, -0.25) is 81.6 Å². The third-order valence-electron chi connectivity index (χ3n) is 20.6. The molecule has 59 heteroatoms. The minimum absolute atomic E-state index is 0.157. The van der Waals surface area contributed by atoms with Gasteiger partial charge in [-0.2, -0.15) is 4.90 Å². The smallest absolute Gasteiger partial charge is 0.423 e. The highest BCUT2D eigenvalue weighted by Gasteiger charge is 2.63. The summed E-state index contributed by atoms with van der Waals surface area (Å²) in [6.07, 6.45) is -42.0. The van der Waals surface area contributed by atoms with E-state index in [4.69, 9.17) is 72.0 Å². The molecule has 6 saturated heterocycles.